The molecule has 0 spiro atoms. The van der Waals surface area contributed by atoms with E-state index in [1.165, 1.54) is 24.3 Å². The van der Waals surface area contributed by atoms with Crippen LogP contribution in [0.4, 0.5) is 8.78 Å². The molecular weight excluding hydrogens is 452 g/mol. The molecule has 0 bridgehead atoms. The number of carboxylic acid groups (broad SMARTS) is 1. The molecule has 0 saturated heterocycles. The predicted octanol–water partition coefficient (Wildman–Crippen LogP) is 6.36. The summed E-state index contributed by atoms with van der Waals surface area (Å²) in [7, 11) is 1.63. The lowest BCUT2D eigenvalue weighted by atomic mass is 9.65. The number of aromatic nitrogens is 1. The van der Waals surface area contributed by atoms with Crippen LogP contribution in [-0.2, 0) is 10.2 Å². The summed E-state index contributed by atoms with van der Waals surface area (Å²) >= 11 is 0. The van der Waals surface area contributed by atoms with Crippen molar-refractivity contribution in [3.8, 4) is 22.6 Å². The van der Waals surface area contributed by atoms with Gasteiger partial charge in [0, 0.05) is 29.5 Å². The Hall–Kier alpha value is -3.71. The number of halogens is 2. The molecule has 1 fully saturated rings. The van der Waals surface area contributed by atoms with Crippen LogP contribution in [0.15, 0.2) is 54.6 Å². The summed E-state index contributed by atoms with van der Waals surface area (Å²) in [5.74, 6) is -2.62. The molecule has 5 rings (SSSR count). The quantitative estimate of drug-likeness (QED) is 0.339. The zero-order valence-electron chi connectivity index (χ0n) is 19.4. The molecule has 0 amide bonds. The summed E-state index contributed by atoms with van der Waals surface area (Å²) in [4.78, 5) is 11.4. The molecule has 1 aliphatic rings. The van der Waals surface area contributed by atoms with Gasteiger partial charge in [0.05, 0.1) is 23.1 Å². The second-order valence-corrected chi connectivity index (χ2v) is 9.23. The van der Waals surface area contributed by atoms with Crippen molar-refractivity contribution < 1.29 is 28.5 Å². The summed E-state index contributed by atoms with van der Waals surface area (Å²) in [6.45, 7) is 2.09. The largest absolute Gasteiger partial charge is 0.504 e. The number of aromatic hydroxyl groups is 1. The van der Waals surface area contributed by atoms with Crippen LogP contribution in [-0.4, -0.2) is 34.5 Å². The zero-order chi connectivity index (χ0) is 24.9. The first-order chi connectivity index (χ1) is 16.8. The zero-order valence-corrected chi connectivity index (χ0v) is 19.4. The number of ether oxygens (including phenoxy) is 1. The Labute approximate surface area is 201 Å². The lowest BCUT2D eigenvalue weighted by Gasteiger charge is -2.43. The van der Waals surface area contributed by atoms with Crippen LogP contribution in [0.5, 0.6) is 5.75 Å². The molecule has 7 heteroatoms. The molecular formula is C28H25F2NO4. The van der Waals surface area contributed by atoms with E-state index in [0.29, 0.717) is 39.9 Å². The number of aryl methyl sites for hydroxylation is 1. The average Bonchev–Trinajstić information content (AvgIpc) is 3.16. The number of benzene rings is 3. The number of methoxy groups -OCH3 is 1. The van der Waals surface area contributed by atoms with E-state index in [9.17, 15) is 23.8 Å². The summed E-state index contributed by atoms with van der Waals surface area (Å²) < 4.78 is 36.5. The van der Waals surface area contributed by atoms with Gasteiger partial charge in [-0.1, -0.05) is 18.6 Å². The Balaban J connectivity index is 1.94. The Bertz CT molecular complexity index is 1450. The minimum absolute atomic E-state index is 0.124. The van der Waals surface area contributed by atoms with E-state index in [0.717, 1.165) is 25.0 Å². The molecule has 1 aromatic heterocycles. The van der Waals surface area contributed by atoms with Crippen molar-refractivity contribution in [3.05, 3.63) is 83.1 Å². The van der Waals surface area contributed by atoms with Gasteiger partial charge in [0.2, 0.25) is 0 Å². The van der Waals surface area contributed by atoms with Gasteiger partial charge in [0.15, 0.2) is 11.6 Å². The van der Waals surface area contributed by atoms with Gasteiger partial charge in [-0.15, -0.1) is 0 Å². The molecule has 35 heavy (non-hydrogen) atoms. The first-order valence-corrected chi connectivity index (χ1v) is 11.4. The molecule has 1 heterocycles. The molecule has 2 N–H and O–H groups in total. The number of hydrogen-bond donors (Lipinski definition) is 2. The Morgan fingerprint density at radius 2 is 1.74 bits per heavy atom. The number of hydrogen-bond acceptors (Lipinski definition) is 3. The third kappa shape index (κ3) is 3.58. The fourth-order valence-corrected chi connectivity index (χ4v) is 5.27. The van der Waals surface area contributed by atoms with Crippen LogP contribution in [0.1, 0.15) is 40.9 Å². The molecule has 0 aliphatic heterocycles. The molecule has 5 nitrogen and oxygen atoms in total. The lowest BCUT2D eigenvalue weighted by Crippen LogP contribution is -2.41. The van der Waals surface area contributed by atoms with E-state index in [-0.39, 0.29) is 11.4 Å². The SMILES string of the molecule is COCC1(c2c(-c3ccc(C(=O)O)cc3)c3c(O)c(F)ccc3n2-c2ccc(F)c(C)c2)CCC1. The molecule has 0 radical (unpaired) electrons. The fourth-order valence-electron chi connectivity index (χ4n) is 5.27. The van der Waals surface area contributed by atoms with Crippen molar-refractivity contribution in [2.24, 2.45) is 0 Å². The number of rotatable bonds is 6. The highest BCUT2D eigenvalue weighted by molar-refractivity contribution is 6.04. The predicted molar refractivity (Wildman–Crippen MR) is 129 cm³/mol. The van der Waals surface area contributed by atoms with Crippen molar-refractivity contribution in [2.45, 2.75) is 31.6 Å². The van der Waals surface area contributed by atoms with Gasteiger partial charge < -0.3 is 19.5 Å². The number of fused-ring (bicyclic) bond motifs is 1. The van der Waals surface area contributed by atoms with E-state index < -0.39 is 23.0 Å². The summed E-state index contributed by atoms with van der Waals surface area (Å²) in [5, 5.41) is 20.6. The van der Waals surface area contributed by atoms with Gasteiger partial charge in [-0.2, -0.15) is 0 Å². The first-order valence-electron chi connectivity index (χ1n) is 11.4. The second-order valence-electron chi connectivity index (χ2n) is 9.23. The molecule has 1 aliphatic carbocycles. The summed E-state index contributed by atoms with van der Waals surface area (Å²) in [6.07, 6.45) is 2.62. The fraction of sp³-hybridized carbons (Fsp3) is 0.250. The first kappa shape index (κ1) is 23.1. The monoisotopic (exact) mass is 477 g/mol. The van der Waals surface area contributed by atoms with Crippen LogP contribution >= 0.6 is 0 Å². The van der Waals surface area contributed by atoms with E-state index in [2.05, 4.69) is 0 Å². The molecule has 0 atom stereocenters. The highest BCUT2D eigenvalue weighted by Crippen LogP contribution is 2.53. The van der Waals surface area contributed by atoms with Gasteiger partial charge in [0.25, 0.3) is 0 Å². The summed E-state index contributed by atoms with van der Waals surface area (Å²) in [6, 6.07) is 14.0. The van der Waals surface area contributed by atoms with Gasteiger partial charge in [-0.05, 0) is 73.4 Å². The molecule has 180 valence electrons. The Morgan fingerprint density at radius 3 is 2.31 bits per heavy atom. The maximum atomic E-state index is 14.7. The van der Waals surface area contributed by atoms with Crippen LogP contribution in [0.25, 0.3) is 27.7 Å². The van der Waals surface area contributed by atoms with Crippen LogP contribution in [0.2, 0.25) is 0 Å². The topological polar surface area (TPSA) is 71.7 Å². The van der Waals surface area contributed by atoms with Crippen molar-refractivity contribution in [1.82, 2.24) is 4.57 Å². The smallest absolute Gasteiger partial charge is 0.335 e. The number of nitrogens with zero attached hydrogens (tertiary/aromatic N) is 1. The highest BCUT2D eigenvalue weighted by Gasteiger charge is 2.44. The van der Waals surface area contributed by atoms with E-state index in [1.807, 2.05) is 4.57 Å². The van der Waals surface area contributed by atoms with Crippen LogP contribution in [0, 0.1) is 18.6 Å². The van der Waals surface area contributed by atoms with E-state index >= 15 is 0 Å². The van der Waals surface area contributed by atoms with Crippen molar-refractivity contribution in [2.75, 3.05) is 13.7 Å². The number of carbonyl (C=O) groups is 1. The third-order valence-corrected chi connectivity index (χ3v) is 7.11. The summed E-state index contributed by atoms with van der Waals surface area (Å²) in [5.41, 5.74) is 3.52. The Kier molecular flexibility index (Phi) is 5.60. The third-order valence-electron chi connectivity index (χ3n) is 7.11. The van der Waals surface area contributed by atoms with Crippen molar-refractivity contribution >= 4 is 16.9 Å². The van der Waals surface area contributed by atoms with Gasteiger partial charge in [-0.25, -0.2) is 13.6 Å². The van der Waals surface area contributed by atoms with Gasteiger partial charge in [0.1, 0.15) is 5.82 Å². The normalized spacial score (nSPS) is 14.7. The number of phenolic OH excluding ortho intramolecular Hbond substituents is 1. The molecule has 4 aromatic rings. The minimum atomic E-state index is -1.05. The number of aromatic carboxylic acids is 1. The minimum Gasteiger partial charge on any atom is -0.504 e. The van der Waals surface area contributed by atoms with Crippen molar-refractivity contribution in [1.29, 1.82) is 0 Å². The Morgan fingerprint density at radius 1 is 1.06 bits per heavy atom. The van der Waals surface area contributed by atoms with Gasteiger partial charge >= 0.3 is 5.97 Å². The molecule has 1 saturated carbocycles. The standard InChI is InChI=1S/C28H25F2NO4/c1-16-14-19(8-9-20(16)29)31-22-11-10-21(30)25(32)24(22)23(17-4-6-18(7-5-17)27(33)34)26(31)28(15-35-2)12-3-13-28/h4-11,14,32H,3,12-13,15H2,1-2H3,(H,33,34). The molecule has 3 aromatic carbocycles. The van der Waals surface area contributed by atoms with Gasteiger partial charge in [-0.3, -0.25) is 0 Å². The molecule has 0 unspecified atom stereocenters. The van der Waals surface area contributed by atoms with E-state index in [4.69, 9.17) is 4.74 Å². The van der Waals surface area contributed by atoms with Crippen molar-refractivity contribution in [3.63, 3.8) is 0 Å². The van der Waals surface area contributed by atoms with Crippen LogP contribution in [0.3, 0.4) is 0 Å². The maximum absolute atomic E-state index is 14.7. The highest BCUT2D eigenvalue weighted by atomic mass is 19.1. The maximum Gasteiger partial charge on any atom is 0.335 e. The number of phenols is 1. The van der Waals surface area contributed by atoms with Crippen LogP contribution < -0.4 is 0 Å². The van der Waals surface area contributed by atoms with E-state index in [1.54, 1.807) is 44.4 Å². The number of carboxylic acids is 1. The average molecular weight is 478 g/mol. The lowest BCUT2D eigenvalue weighted by molar-refractivity contribution is 0.0697. The second kappa shape index (κ2) is 8.50.